The van der Waals surface area contributed by atoms with Gasteiger partial charge in [0.25, 0.3) is 0 Å². The topological polar surface area (TPSA) is 119 Å². The van der Waals surface area contributed by atoms with Gasteiger partial charge >= 0.3 is 12.0 Å². The first-order valence-corrected chi connectivity index (χ1v) is 13.4. The Balaban J connectivity index is 1.44. The second-order valence-corrected chi connectivity index (χ2v) is 11.2. The van der Waals surface area contributed by atoms with Gasteiger partial charge in [0.15, 0.2) is 0 Å². The number of fused-ring (bicyclic) bond motifs is 1. The third-order valence-corrected chi connectivity index (χ3v) is 8.41. The molecule has 9 nitrogen and oxygen atoms in total. The van der Waals surface area contributed by atoms with Crippen molar-refractivity contribution in [2.24, 2.45) is 5.92 Å². The number of hydrogen-bond donors (Lipinski definition) is 4. The number of aryl methyl sites for hydroxylation is 1. The molecule has 3 aliphatic rings. The summed E-state index contributed by atoms with van der Waals surface area (Å²) in [7, 11) is 0. The summed E-state index contributed by atoms with van der Waals surface area (Å²) in [6, 6.07) is 5.48. The molecule has 2 amide bonds. The monoisotopic (exact) mass is 548 g/mol. The molecule has 1 aromatic heterocycles. The number of carbonyl (C=O) groups excluding carboxylic acids is 1. The Morgan fingerprint density at radius 1 is 1.12 bits per heavy atom. The molecule has 2 unspecified atom stereocenters. The number of aromatic carboxylic acids is 1. The van der Waals surface area contributed by atoms with Crippen LogP contribution in [-0.2, 0) is 0 Å². The number of hydrogen-bond acceptors (Lipinski definition) is 6. The molecule has 2 saturated carbocycles. The van der Waals surface area contributed by atoms with Crippen molar-refractivity contribution < 1.29 is 23.5 Å². The van der Waals surface area contributed by atoms with E-state index in [1.54, 1.807) is 6.92 Å². The maximum atomic E-state index is 15.9. The second-order valence-electron chi connectivity index (χ2n) is 11.2. The van der Waals surface area contributed by atoms with E-state index in [-0.39, 0.29) is 40.0 Å². The number of rotatable bonds is 5. The van der Waals surface area contributed by atoms with Gasteiger partial charge in [-0.3, -0.25) is 0 Å². The van der Waals surface area contributed by atoms with Crippen molar-refractivity contribution in [2.75, 3.05) is 22.1 Å². The summed E-state index contributed by atoms with van der Waals surface area (Å²) in [5.74, 6) is -1.58. The van der Waals surface area contributed by atoms with E-state index in [1.165, 1.54) is 24.5 Å². The Hall–Kier alpha value is -4.12. The first-order valence-electron chi connectivity index (χ1n) is 13.4. The summed E-state index contributed by atoms with van der Waals surface area (Å²) >= 11 is 0. The van der Waals surface area contributed by atoms with Gasteiger partial charge in [-0.1, -0.05) is 0 Å². The molecule has 3 aromatic rings. The number of carboxylic acid groups (broad SMARTS) is 1. The van der Waals surface area contributed by atoms with Crippen molar-refractivity contribution in [1.29, 1.82) is 0 Å². The van der Waals surface area contributed by atoms with Crippen molar-refractivity contribution in [2.45, 2.75) is 57.2 Å². The number of urea groups is 1. The number of anilines is 3. The van der Waals surface area contributed by atoms with E-state index >= 15 is 4.39 Å². The predicted octanol–water partition coefficient (Wildman–Crippen LogP) is 5.18. The van der Waals surface area contributed by atoms with Crippen LogP contribution < -0.4 is 20.9 Å². The minimum absolute atomic E-state index is 0.0741. The normalized spacial score (nSPS) is 25.0. The number of carbonyl (C=O) groups is 2. The van der Waals surface area contributed by atoms with Crippen LogP contribution in [0.25, 0.3) is 11.1 Å². The standard InChI is InChI=1S/C29H30F2N6O3/c1-15-14-37(26-7-17-5-6-29(26,11-17)36-15)25-10-23(31)22(21-8-18(30)3-4-20(21)27(38)39)9-24(25)35-28(40)34-19-12-32-16(2)33-13-19/h3-4,8-10,12-13,15,17,26,36H,5-7,11,14H2,1-2H3,(H,38,39)(H2,34,35,40)/t15?,17-,26?,29+/m1/s1. The molecule has 0 radical (unpaired) electrons. The molecule has 4 atom stereocenters. The van der Waals surface area contributed by atoms with E-state index in [9.17, 15) is 19.1 Å². The van der Waals surface area contributed by atoms with E-state index in [4.69, 9.17) is 0 Å². The van der Waals surface area contributed by atoms with Crippen LogP contribution >= 0.6 is 0 Å². The quantitative estimate of drug-likeness (QED) is 0.347. The molecule has 6 rings (SSSR count). The first kappa shape index (κ1) is 26.1. The van der Waals surface area contributed by atoms with E-state index in [0.29, 0.717) is 29.7 Å². The highest BCUT2D eigenvalue weighted by Crippen LogP contribution is 2.53. The van der Waals surface area contributed by atoms with E-state index in [2.05, 4.69) is 37.7 Å². The van der Waals surface area contributed by atoms with Crippen LogP contribution in [0.5, 0.6) is 0 Å². The highest BCUT2D eigenvalue weighted by molar-refractivity contribution is 6.03. The molecule has 3 fully saturated rings. The zero-order valence-corrected chi connectivity index (χ0v) is 22.2. The molecule has 1 saturated heterocycles. The Morgan fingerprint density at radius 3 is 2.62 bits per heavy atom. The summed E-state index contributed by atoms with van der Waals surface area (Å²) in [4.78, 5) is 35.4. The largest absolute Gasteiger partial charge is 0.478 e. The van der Waals surface area contributed by atoms with E-state index in [1.807, 2.05) is 0 Å². The van der Waals surface area contributed by atoms with Crippen molar-refractivity contribution in [1.82, 2.24) is 15.3 Å². The van der Waals surface area contributed by atoms with Crippen LogP contribution in [0.4, 0.5) is 30.6 Å². The fourth-order valence-corrected chi connectivity index (χ4v) is 6.88. The third-order valence-electron chi connectivity index (χ3n) is 8.41. The highest BCUT2D eigenvalue weighted by atomic mass is 19.1. The van der Waals surface area contributed by atoms with E-state index in [0.717, 1.165) is 43.9 Å². The fourth-order valence-electron chi connectivity index (χ4n) is 6.88. The number of nitrogens with one attached hydrogen (secondary N) is 3. The van der Waals surface area contributed by atoms with Crippen LogP contribution in [0.3, 0.4) is 0 Å². The lowest BCUT2D eigenvalue weighted by Crippen LogP contribution is -2.67. The highest BCUT2D eigenvalue weighted by Gasteiger charge is 2.56. The molecule has 2 aliphatic carbocycles. The summed E-state index contributed by atoms with van der Waals surface area (Å²) in [5, 5.41) is 19.0. The molecule has 11 heteroatoms. The lowest BCUT2D eigenvalue weighted by molar-refractivity contribution is 0.0697. The molecular weight excluding hydrogens is 518 g/mol. The fraction of sp³-hybridized carbons (Fsp3) is 0.379. The van der Waals surface area contributed by atoms with Gasteiger partial charge in [0, 0.05) is 35.3 Å². The summed E-state index contributed by atoms with van der Waals surface area (Å²) in [5.41, 5.74) is 0.591. The van der Waals surface area contributed by atoms with Crippen LogP contribution in [0, 0.1) is 24.5 Å². The molecule has 208 valence electrons. The van der Waals surface area contributed by atoms with Crippen molar-refractivity contribution in [3.8, 4) is 11.1 Å². The van der Waals surface area contributed by atoms with Crippen molar-refractivity contribution in [3.05, 3.63) is 65.7 Å². The first-order chi connectivity index (χ1) is 19.1. The number of amides is 2. The van der Waals surface area contributed by atoms with Gasteiger partial charge in [0.2, 0.25) is 0 Å². The van der Waals surface area contributed by atoms with Crippen LogP contribution in [0.1, 0.15) is 48.8 Å². The minimum atomic E-state index is -1.31. The van der Waals surface area contributed by atoms with Gasteiger partial charge < -0.3 is 26.0 Å². The molecule has 40 heavy (non-hydrogen) atoms. The Labute approximate surface area is 230 Å². The van der Waals surface area contributed by atoms with Crippen LogP contribution in [-0.4, -0.2) is 51.2 Å². The van der Waals surface area contributed by atoms with Gasteiger partial charge in [0.05, 0.1) is 35.0 Å². The smallest absolute Gasteiger partial charge is 0.336 e. The van der Waals surface area contributed by atoms with Gasteiger partial charge in [-0.15, -0.1) is 0 Å². The van der Waals surface area contributed by atoms with Gasteiger partial charge in [-0.2, -0.15) is 0 Å². The number of benzene rings is 2. The van der Waals surface area contributed by atoms with Gasteiger partial charge in [-0.25, -0.2) is 28.3 Å². The molecule has 2 aromatic carbocycles. The molecular formula is C29H30F2N6O3. The maximum absolute atomic E-state index is 15.9. The lowest BCUT2D eigenvalue weighted by atomic mass is 9.83. The molecule has 4 N–H and O–H groups in total. The Bertz CT molecular complexity index is 1500. The minimum Gasteiger partial charge on any atom is -0.478 e. The van der Waals surface area contributed by atoms with Crippen LogP contribution in [0.15, 0.2) is 42.7 Å². The Morgan fingerprint density at radius 2 is 1.90 bits per heavy atom. The van der Waals surface area contributed by atoms with Crippen molar-refractivity contribution >= 4 is 29.1 Å². The molecule has 1 aliphatic heterocycles. The maximum Gasteiger partial charge on any atom is 0.336 e. The number of piperazine rings is 1. The third kappa shape index (κ3) is 4.64. The second kappa shape index (κ2) is 9.81. The van der Waals surface area contributed by atoms with Gasteiger partial charge in [-0.05, 0) is 75.8 Å². The number of aromatic nitrogens is 2. The SMILES string of the molecule is Cc1ncc(NC(=O)Nc2cc(-c3cc(F)ccc3C(=O)O)c(F)cc2N2CC(C)N[C@]34CC[C@H](CC23)C4)cn1. The zero-order valence-electron chi connectivity index (χ0n) is 22.2. The number of halogens is 2. The molecule has 2 bridgehead atoms. The zero-order chi connectivity index (χ0) is 28.2. The summed E-state index contributed by atoms with van der Waals surface area (Å²) in [6.07, 6.45) is 7.15. The summed E-state index contributed by atoms with van der Waals surface area (Å²) < 4.78 is 30.1. The average Bonchev–Trinajstić information content (AvgIpc) is 3.47. The lowest BCUT2D eigenvalue weighted by Gasteiger charge is -2.51. The molecule has 1 spiro atoms. The van der Waals surface area contributed by atoms with Gasteiger partial charge in [0.1, 0.15) is 17.5 Å². The van der Waals surface area contributed by atoms with Crippen LogP contribution in [0.2, 0.25) is 0 Å². The number of nitrogens with zero attached hydrogens (tertiary/aromatic N) is 3. The van der Waals surface area contributed by atoms with Crippen molar-refractivity contribution in [3.63, 3.8) is 0 Å². The average molecular weight is 549 g/mol. The Kier molecular flexibility index (Phi) is 6.41. The number of carboxylic acids is 1. The predicted molar refractivity (Wildman–Crippen MR) is 147 cm³/mol. The van der Waals surface area contributed by atoms with E-state index < -0.39 is 23.6 Å². The summed E-state index contributed by atoms with van der Waals surface area (Å²) in [6.45, 7) is 4.42. The molecule has 2 heterocycles.